The van der Waals surface area contributed by atoms with E-state index in [4.69, 9.17) is 16.3 Å². The lowest BCUT2D eigenvalue weighted by molar-refractivity contribution is -0.139. The molecule has 1 aromatic rings. The summed E-state index contributed by atoms with van der Waals surface area (Å²) in [7, 11) is 1.25. The topological polar surface area (TPSA) is 90.4 Å². The van der Waals surface area contributed by atoms with Gasteiger partial charge in [0, 0.05) is 5.56 Å². The van der Waals surface area contributed by atoms with E-state index in [9.17, 15) is 9.59 Å². The predicted octanol–water partition coefficient (Wildman–Crippen LogP) is 2.19. The second-order valence-corrected chi connectivity index (χ2v) is 5.23. The van der Waals surface area contributed by atoms with Crippen LogP contribution in [0.25, 0.3) is 0 Å². The fourth-order valence-corrected chi connectivity index (χ4v) is 1.47. The summed E-state index contributed by atoms with van der Waals surface area (Å²) in [6.07, 6.45) is 0.329. The third kappa shape index (κ3) is 5.00. The van der Waals surface area contributed by atoms with Gasteiger partial charge >= 0.3 is 12.1 Å². The largest absolute Gasteiger partial charge is 0.469 e. The van der Waals surface area contributed by atoms with Gasteiger partial charge in [0.2, 0.25) is 0 Å². The normalized spacial score (nSPS) is 10.8. The van der Waals surface area contributed by atoms with Crippen molar-refractivity contribution in [2.75, 3.05) is 12.4 Å². The molecule has 0 aliphatic carbocycles. The highest BCUT2D eigenvalue weighted by Gasteiger charge is 2.20. The molecular weight excluding hydrogens is 286 g/mol. The Balaban J connectivity index is 2.92. The highest BCUT2D eigenvalue weighted by Crippen LogP contribution is 2.21. The Morgan fingerprint density at radius 3 is 2.55 bits per heavy atom. The number of hydrogen-bond donors (Lipinski definition) is 1. The molecule has 0 aliphatic rings. The summed E-state index contributed by atoms with van der Waals surface area (Å²) in [6, 6.07) is 0. The highest BCUT2D eigenvalue weighted by molar-refractivity contribution is 6.30. The van der Waals surface area contributed by atoms with Crippen LogP contribution in [0, 0.1) is 0 Å². The molecule has 0 unspecified atom stereocenters. The van der Waals surface area contributed by atoms with Gasteiger partial charge in [0.05, 0.1) is 13.5 Å². The fraction of sp³-hybridized carbons (Fsp3) is 0.500. The van der Waals surface area contributed by atoms with E-state index in [-0.39, 0.29) is 23.0 Å². The zero-order chi connectivity index (χ0) is 15.3. The Hall–Kier alpha value is -1.89. The quantitative estimate of drug-likeness (QED) is 0.680. The molecule has 0 radical (unpaired) electrons. The molecule has 7 nitrogen and oxygen atoms in total. The number of hydrogen-bond acceptors (Lipinski definition) is 6. The number of carbonyl (C=O) groups is 2. The molecule has 110 valence electrons. The summed E-state index contributed by atoms with van der Waals surface area (Å²) in [5, 5.41) is 2.50. The highest BCUT2D eigenvalue weighted by atomic mass is 35.5. The first-order valence-electron chi connectivity index (χ1n) is 5.79. The van der Waals surface area contributed by atoms with E-state index in [2.05, 4.69) is 20.0 Å². The number of nitrogens with zero attached hydrogens (tertiary/aromatic N) is 2. The number of anilines is 1. The van der Waals surface area contributed by atoms with Gasteiger partial charge in [-0.15, -0.1) is 0 Å². The molecule has 1 amide bonds. The molecule has 1 rings (SSSR count). The molecular formula is C12H16ClN3O4. The van der Waals surface area contributed by atoms with Crippen LogP contribution in [0.5, 0.6) is 0 Å². The average molecular weight is 302 g/mol. The SMILES string of the molecule is COC(=O)Cc1c(Cl)ncnc1NC(=O)OC(C)(C)C. The minimum atomic E-state index is -0.696. The molecule has 20 heavy (non-hydrogen) atoms. The lowest BCUT2D eigenvalue weighted by Crippen LogP contribution is -2.28. The van der Waals surface area contributed by atoms with Gasteiger partial charge < -0.3 is 9.47 Å². The molecule has 0 saturated carbocycles. The summed E-state index contributed by atoms with van der Waals surface area (Å²) in [6.45, 7) is 5.19. The van der Waals surface area contributed by atoms with Crippen molar-refractivity contribution in [3.05, 3.63) is 17.0 Å². The smallest absolute Gasteiger partial charge is 0.413 e. The first kappa shape index (κ1) is 16.2. The Kier molecular flexibility index (Phi) is 5.26. The lowest BCUT2D eigenvalue weighted by Gasteiger charge is -2.20. The van der Waals surface area contributed by atoms with Crippen LogP contribution in [0.3, 0.4) is 0 Å². The maximum atomic E-state index is 11.7. The Labute approximate surface area is 121 Å². The number of carbonyl (C=O) groups excluding carboxylic acids is 2. The maximum Gasteiger partial charge on any atom is 0.413 e. The van der Waals surface area contributed by atoms with Crippen molar-refractivity contribution in [3.8, 4) is 0 Å². The molecule has 0 aliphatic heterocycles. The number of halogens is 1. The van der Waals surface area contributed by atoms with Gasteiger partial charge in [0.25, 0.3) is 0 Å². The molecule has 0 saturated heterocycles. The number of nitrogens with one attached hydrogen (secondary N) is 1. The minimum absolute atomic E-state index is 0.0662. The monoisotopic (exact) mass is 301 g/mol. The molecule has 0 spiro atoms. The van der Waals surface area contributed by atoms with Crippen LogP contribution in [0.2, 0.25) is 5.15 Å². The van der Waals surface area contributed by atoms with Crippen LogP contribution >= 0.6 is 11.6 Å². The summed E-state index contributed by atoms with van der Waals surface area (Å²) < 4.78 is 9.65. The first-order valence-corrected chi connectivity index (χ1v) is 6.17. The van der Waals surface area contributed by atoms with Crippen molar-refractivity contribution in [2.45, 2.75) is 32.8 Å². The van der Waals surface area contributed by atoms with E-state index < -0.39 is 17.7 Å². The van der Waals surface area contributed by atoms with Gasteiger partial charge in [-0.3, -0.25) is 10.1 Å². The summed E-state index contributed by atoms with van der Waals surface area (Å²) >= 11 is 5.90. The third-order valence-corrected chi connectivity index (χ3v) is 2.39. The Morgan fingerprint density at radius 1 is 1.35 bits per heavy atom. The number of aromatic nitrogens is 2. The van der Waals surface area contributed by atoms with Crippen LogP contribution in [0.4, 0.5) is 10.6 Å². The van der Waals surface area contributed by atoms with Gasteiger partial charge in [-0.25, -0.2) is 14.8 Å². The summed E-state index contributed by atoms with van der Waals surface area (Å²) in [4.78, 5) is 30.7. The fourth-order valence-electron chi connectivity index (χ4n) is 1.27. The van der Waals surface area contributed by atoms with Crippen molar-refractivity contribution >= 4 is 29.5 Å². The van der Waals surface area contributed by atoms with Crippen LogP contribution in [0.15, 0.2) is 6.33 Å². The van der Waals surface area contributed by atoms with Crippen LogP contribution in [-0.4, -0.2) is 34.7 Å². The number of esters is 1. The third-order valence-electron chi connectivity index (χ3n) is 2.06. The Bertz CT molecular complexity index is 514. The standard InChI is InChI=1S/C12H16ClN3O4/c1-12(2,3)20-11(18)16-10-7(5-8(17)19-4)9(13)14-6-15-10/h6H,5H2,1-4H3,(H,14,15,16,18). The lowest BCUT2D eigenvalue weighted by atomic mass is 10.2. The first-order chi connectivity index (χ1) is 9.23. The molecule has 1 aromatic heterocycles. The predicted molar refractivity (Wildman–Crippen MR) is 72.6 cm³/mol. The van der Waals surface area contributed by atoms with Gasteiger partial charge in [-0.1, -0.05) is 11.6 Å². The van der Waals surface area contributed by atoms with E-state index in [1.165, 1.54) is 13.4 Å². The molecule has 0 aromatic carbocycles. The van der Waals surface area contributed by atoms with Crippen molar-refractivity contribution in [1.29, 1.82) is 0 Å². The van der Waals surface area contributed by atoms with E-state index in [1.807, 2.05) is 0 Å². The molecule has 0 bridgehead atoms. The zero-order valence-corrected chi connectivity index (χ0v) is 12.4. The number of methoxy groups -OCH3 is 1. The van der Waals surface area contributed by atoms with Gasteiger partial charge in [-0.2, -0.15) is 0 Å². The minimum Gasteiger partial charge on any atom is -0.469 e. The van der Waals surface area contributed by atoms with Gasteiger partial charge in [0.15, 0.2) is 0 Å². The molecule has 0 fully saturated rings. The van der Waals surface area contributed by atoms with E-state index in [0.29, 0.717) is 0 Å². The van der Waals surface area contributed by atoms with E-state index in [0.717, 1.165) is 0 Å². The van der Waals surface area contributed by atoms with Crippen molar-refractivity contribution in [1.82, 2.24) is 9.97 Å². The van der Waals surface area contributed by atoms with Gasteiger partial charge in [-0.05, 0) is 20.8 Å². The molecule has 1 heterocycles. The van der Waals surface area contributed by atoms with Crippen molar-refractivity contribution in [3.63, 3.8) is 0 Å². The second-order valence-electron chi connectivity index (χ2n) is 4.87. The van der Waals surface area contributed by atoms with Crippen molar-refractivity contribution < 1.29 is 19.1 Å². The van der Waals surface area contributed by atoms with Crippen molar-refractivity contribution in [2.24, 2.45) is 0 Å². The number of amides is 1. The van der Waals surface area contributed by atoms with Crippen LogP contribution < -0.4 is 5.32 Å². The molecule has 1 N–H and O–H groups in total. The maximum absolute atomic E-state index is 11.7. The molecule has 0 atom stereocenters. The number of ether oxygens (including phenoxy) is 2. The van der Waals surface area contributed by atoms with E-state index >= 15 is 0 Å². The zero-order valence-electron chi connectivity index (χ0n) is 11.7. The number of rotatable bonds is 3. The van der Waals surface area contributed by atoms with Gasteiger partial charge in [0.1, 0.15) is 22.9 Å². The van der Waals surface area contributed by atoms with Crippen LogP contribution in [-0.2, 0) is 20.7 Å². The average Bonchev–Trinajstić information content (AvgIpc) is 2.30. The van der Waals surface area contributed by atoms with Crippen LogP contribution in [0.1, 0.15) is 26.3 Å². The molecule has 8 heteroatoms. The second kappa shape index (κ2) is 6.51. The summed E-state index contributed by atoms with van der Waals surface area (Å²) in [5.41, 5.74) is -0.379. The van der Waals surface area contributed by atoms with E-state index in [1.54, 1.807) is 20.8 Å². The summed E-state index contributed by atoms with van der Waals surface area (Å²) in [5.74, 6) is -0.404. The Morgan fingerprint density at radius 2 is 2.00 bits per heavy atom.